The van der Waals surface area contributed by atoms with Crippen LogP contribution in [-0.2, 0) is 4.74 Å². The topological polar surface area (TPSA) is 69.9 Å². The molecule has 6 heteroatoms. The number of hydrogen-bond donors (Lipinski definition) is 3. The third kappa shape index (κ3) is 4.61. The van der Waals surface area contributed by atoms with E-state index in [4.69, 9.17) is 14.8 Å². The highest BCUT2D eigenvalue weighted by Crippen LogP contribution is 2.28. The third-order valence-corrected chi connectivity index (χ3v) is 3.46. The monoisotopic (exact) mass is 286 g/mol. The zero-order valence-corrected chi connectivity index (χ0v) is 12.1. The van der Waals surface area contributed by atoms with E-state index in [-0.39, 0.29) is 11.9 Å². The Balaban J connectivity index is 2.52. The molecule has 0 heterocycles. The Morgan fingerprint density at radius 2 is 2.10 bits per heavy atom. The Hall–Kier alpha value is -0.845. The SMILES string of the molecule is CCCCCCC(C)OC1=CC(F)(B(O)O)C(O)C=C1. The Kier molecular flexibility index (Phi) is 6.72. The molecule has 0 amide bonds. The predicted molar refractivity (Wildman–Crippen MR) is 76.6 cm³/mol. The van der Waals surface area contributed by atoms with Crippen LogP contribution in [0.1, 0.15) is 46.0 Å². The third-order valence-electron chi connectivity index (χ3n) is 3.46. The smallest absolute Gasteiger partial charge is 0.491 e. The zero-order chi connectivity index (χ0) is 15.2. The second-order valence-electron chi connectivity index (χ2n) is 5.33. The molecule has 3 atom stereocenters. The molecule has 0 radical (unpaired) electrons. The van der Waals surface area contributed by atoms with E-state index >= 15 is 0 Å². The van der Waals surface area contributed by atoms with Crippen molar-refractivity contribution in [3.8, 4) is 0 Å². The number of aliphatic hydroxyl groups excluding tert-OH is 1. The highest BCUT2D eigenvalue weighted by Gasteiger charge is 2.48. The standard InChI is InChI=1S/C14H24BFO4/c1-3-4-5-6-7-11(2)20-12-8-9-13(17)14(16,10-12)15(18)19/h8-11,13,17-19H,3-7H2,1-2H3. The van der Waals surface area contributed by atoms with E-state index in [0.717, 1.165) is 25.3 Å². The van der Waals surface area contributed by atoms with Gasteiger partial charge in [-0.2, -0.15) is 0 Å². The van der Waals surface area contributed by atoms with Crippen molar-refractivity contribution in [2.24, 2.45) is 0 Å². The van der Waals surface area contributed by atoms with Crippen molar-refractivity contribution in [3.05, 3.63) is 24.0 Å². The molecule has 114 valence electrons. The van der Waals surface area contributed by atoms with E-state index in [2.05, 4.69) is 6.92 Å². The number of aliphatic hydroxyl groups is 1. The highest BCUT2D eigenvalue weighted by atomic mass is 19.1. The van der Waals surface area contributed by atoms with Crippen molar-refractivity contribution in [1.29, 1.82) is 0 Å². The molecule has 20 heavy (non-hydrogen) atoms. The molecule has 1 aliphatic carbocycles. The molecule has 1 aliphatic rings. The van der Waals surface area contributed by atoms with E-state index in [9.17, 15) is 9.50 Å². The van der Waals surface area contributed by atoms with E-state index in [0.29, 0.717) is 0 Å². The van der Waals surface area contributed by atoms with Gasteiger partial charge < -0.3 is 19.9 Å². The van der Waals surface area contributed by atoms with Crippen LogP contribution in [0, 0.1) is 0 Å². The van der Waals surface area contributed by atoms with Gasteiger partial charge in [-0.3, -0.25) is 0 Å². The Morgan fingerprint density at radius 3 is 2.70 bits per heavy atom. The Morgan fingerprint density at radius 1 is 1.40 bits per heavy atom. The molecule has 1 rings (SSSR count). The van der Waals surface area contributed by atoms with Crippen molar-refractivity contribution in [1.82, 2.24) is 0 Å². The summed E-state index contributed by atoms with van der Waals surface area (Å²) in [6, 6.07) is 0. The van der Waals surface area contributed by atoms with Crippen molar-refractivity contribution >= 4 is 7.12 Å². The quantitative estimate of drug-likeness (QED) is 0.471. The molecule has 4 nitrogen and oxygen atoms in total. The predicted octanol–water partition coefficient (Wildman–Crippen LogP) is 1.90. The van der Waals surface area contributed by atoms with Gasteiger partial charge in [0, 0.05) is 0 Å². The lowest BCUT2D eigenvalue weighted by molar-refractivity contribution is 0.0716. The van der Waals surface area contributed by atoms with Gasteiger partial charge in [0.05, 0.1) is 6.10 Å². The number of rotatable bonds is 8. The number of alkyl halides is 1. The van der Waals surface area contributed by atoms with Gasteiger partial charge in [-0.1, -0.05) is 26.2 Å². The van der Waals surface area contributed by atoms with Crippen LogP contribution < -0.4 is 0 Å². The van der Waals surface area contributed by atoms with Crippen LogP contribution in [-0.4, -0.2) is 40.0 Å². The van der Waals surface area contributed by atoms with Gasteiger partial charge in [-0.05, 0) is 38.0 Å². The van der Waals surface area contributed by atoms with Gasteiger partial charge in [0.15, 0.2) is 5.57 Å². The molecule has 0 aromatic heterocycles. The van der Waals surface area contributed by atoms with Gasteiger partial charge >= 0.3 is 7.12 Å². The largest absolute Gasteiger partial charge is 0.499 e. The summed E-state index contributed by atoms with van der Waals surface area (Å²) < 4.78 is 19.8. The van der Waals surface area contributed by atoms with Crippen LogP contribution in [0.15, 0.2) is 24.0 Å². The van der Waals surface area contributed by atoms with Gasteiger partial charge in [0.1, 0.15) is 11.9 Å². The zero-order valence-electron chi connectivity index (χ0n) is 12.1. The lowest BCUT2D eigenvalue weighted by atomic mass is 9.64. The van der Waals surface area contributed by atoms with Gasteiger partial charge in [-0.15, -0.1) is 0 Å². The van der Waals surface area contributed by atoms with Gasteiger partial charge in [0.25, 0.3) is 0 Å². The molecule has 0 aromatic rings. The number of hydrogen-bond acceptors (Lipinski definition) is 4. The minimum Gasteiger partial charge on any atom is -0.491 e. The molecule has 0 aliphatic heterocycles. The number of unbranched alkanes of at least 4 members (excludes halogenated alkanes) is 3. The Bertz CT molecular complexity index is 359. The summed E-state index contributed by atoms with van der Waals surface area (Å²) in [5, 5.41) is 27.6. The van der Waals surface area contributed by atoms with Crippen LogP contribution >= 0.6 is 0 Å². The fraction of sp³-hybridized carbons (Fsp3) is 0.714. The van der Waals surface area contributed by atoms with Crippen molar-refractivity contribution < 1.29 is 24.3 Å². The molecule has 3 N–H and O–H groups in total. The molecule has 0 saturated heterocycles. The summed E-state index contributed by atoms with van der Waals surface area (Å²) in [6.07, 6.45) is 7.27. The maximum atomic E-state index is 14.2. The van der Waals surface area contributed by atoms with Crippen LogP contribution in [0.25, 0.3) is 0 Å². The fourth-order valence-corrected chi connectivity index (χ4v) is 2.14. The van der Waals surface area contributed by atoms with E-state index in [1.807, 2.05) is 6.92 Å². The fourth-order valence-electron chi connectivity index (χ4n) is 2.14. The highest BCUT2D eigenvalue weighted by molar-refractivity contribution is 6.46. The lowest BCUT2D eigenvalue weighted by Crippen LogP contribution is -2.51. The van der Waals surface area contributed by atoms with Crippen LogP contribution in [0.2, 0.25) is 0 Å². The second-order valence-corrected chi connectivity index (χ2v) is 5.33. The van der Waals surface area contributed by atoms with Crippen LogP contribution in [0.3, 0.4) is 0 Å². The summed E-state index contributed by atoms with van der Waals surface area (Å²) in [6.45, 7) is 4.03. The summed E-state index contributed by atoms with van der Waals surface area (Å²) >= 11 is 0. The van der Waals surface area contributed by atoms with Gasteiger partial charge in [0.2, 0.25) is 0 Å². The summed E-state index contributed by atoms with van der Waals surface area (Å²) in [4.78, 5) is 0. The number of ether oxygens (including phenoxy) is 1. The lowest BCUT2D eigenvalue weighted by Gasteiger charge is -2.29. The first kappa shape index (κ1) is 17.2. The first-order valence-corrected chi connectivity index (χ1v) is 7.21. The molecule has 3 unspecified atom stereocenters. The molecule has 0 bridgehead atoms. The van der Waals surface area contributed by atoms with Crippen molar-refractivity contribution in [3.63, 3.8) is 0 Å². The van der Waals surface area contributed by atoms with E-state index in [1.54, 1.807) is 0 Å². The molecular formula is C14H24BFO4. The maximum absolute atomic E-state index is 14.2. The average Bonchev–Trinajstić information content (AvgIpc) is 2.39. The number of allylic oxidation sites excluding steroid dienone is 1. The molecule has 0 spiro atoms. The minimum atomic E-state index is -2.62. The minimum absolute atomic E-state index is 0.0851. The normalized spacial score (nSPS) is 27.1. The number of halogens is 1. The van der Waals surface area contributed by atoms with Crippen molar-refractivity contribution in [2.45, 2.75) is 63.7 Å². The van der Waals surface area contributed by atoms with Crippen LogP contribution in [0.5, 0.6) is 0 Å². The van der Waals surface area contributed by atoms with E-state index in [1.165, 1.54) is 25.0 Å². The molecule has 0 fully saturated rings. The average molecular weight is 286 g/mol. The summed E-state index contributed by atoms with van der Waals surface area (Å²) in [5.74, 6) is 0.217. The van der Waals surface area contributed by atoms with Crippen LogP contribution in [0.4, 0.5) is 4.39 Å². The van der Waals surface area contributed by atoms with Crippen molar-refractivity contribution in [2.75, 3.05) is 0 Å². The maximum Gasteiger partial charge on any atom is 0.499 e. The summed E-state index contributed by atoms with van der Waals surface area (Å²) in [7, 11) is -2.29. The van der Waals surface area contributed by atoms with Gasteiger partial charge in [-0.25, -0.2) is 4.39 Å². The van der Waals surface area contributed by atoms with E-state index < -0.39 is 18.8 Å². The molecule has 0 aromatic carbocycles. The Labute approximate surface area is 120 Å². The summed E-state index contributed by atoms with van der Waals surface area (Å²) in [5.41, 5.74) is -2.62. The first-order valence-electron chi connectivity index (χ1n) is 7.21. The second kappa shape index (κ2) is 7.81. The molecular weight excluding hydrogens is 262 g/mol. The first-order chi connectivity index (χ1) is 9.40. The molecule has 0 saturated carbocycles.